The minimum Gasteiger partial charge on any atom is -0.395 e. The van der Waals surface area contributed by atoms with Crippen LogP contribution in [0.25, 0.3) is 0 Å². The molecular formula is C11H23NO2. The summed E-state index contributed by atoms with van der Waals surface area (Å²) in [5.41, 5.74) is 0. The van der Waals surface area contributed by atoms with Gasteiger partial charge in [0.05, 0.1) is 6.61 Å². The van der Waals surface area contributed by atoms with Crippen LogP contribution in [0.5, 0.6) is 0 Å². The Balaban J connectivity index is 2.08. The molecule has 0 aromatic heterocycles. The lowest BCUT2D eigenvalue weighted by molar-refractivity contribution is 0.0809. The molecule has 0 amide bonds. The van der Waals surface area contributed by atoms with Gasteiger partial charge in [0.2, 0.25) is 0 Å². The highest BCUT2D eigenvalue weighted by atomic mass is 16.5. The predicted molar refractivity (Wildman–Crippen MR) is 57.4 cm³/mol. The summed E-state index contributed by atoms with van der Waals surface area (Å²) >= 11 is 0. The summed E-state index contributed by atoms with van der Waals surface area (Å²) < 4.78 is 5.30. The van der Waals surface area contributed by atoms with Crippen molar-refractivity contribution >= 4 is 0 Å². The summed E-state index contributed by atoms with van der Waals surface area (Å²) in [6.45, 7) is 5.87. The highest BCUT2D eigenvalue weighted by Gasteiger charge is 2.23. The first kappa shape index (κ1) is 12.0. The maximum absolute atomic E-state index is 8.93. The largest absolute Gasteiger partial charge is 0.395 e. The van der Waals surface area contributed by atoms with Crippen LogP contribution in [0.2, 0.25) is 0 Å². The van der Waals surface area contributed by atoms with Gasteiger partial charge in [0.15, 0.2) is 0 Å². The minimum atomic E-state index is 0.283. The minimum absolute atomic E-state index is 0.283. The van der Waals surface area contributed by atoms with Crippen molar-refractivity contribution in [3.8, 4) is 0 Å². The standard InChI is InChI=1S/C11H23NO2/c1-2-14-10-4-7-12(8-9-13)11-5-3-6-11/h11,13H,2-10H2,1H3. The molecule has 0 aromatic carbocycles. The molecule has 0 spiro atoms. The molecule has 0 aliphatic heterocycles. The van der Waals surface area contributed by atoms with Crippen LogP contribution >= 0.6 is 0 Å². The second-order valence-electron chi connectivity index (χ2n) is 3.89. The van der Waals surface area contributed by atoms with Crippen molar-refractivity contribution < 1.29 is 9.84 Å². The normalized spacial score (nSPS) is 17.4. The van der Waals surface area contributed by atoms with Crippen LogP contribution in [0.4, 0.5) is 0 Å². The number of aliphatic hydroxyl groups is 1. The Morgan fingerprint density at radius 1 is 1.36 bits per heavy atom. The van der Waals surface area contributed by atoms with E-state index in [9.17, 15) is 0 Å². The highest BCUT2D eigenvalue weighted by molar-refractivity contribution is 4.79. The lowest BCUT2D eigenvalue weighted by Crippen LogP contribution is -2.42. The van der Waals surface area contributed by atoms with E-state index in [-0.39, 0.29) is 6.61 Å². The van der Waals surface area contributed by atoms with Gasteiger partial charge in [-0.1, -0.05) is 6.42 Å². The van der Waals surface area contributed by atoms with Crippen molar-refractivity contribution in [3.63, 3.8) is 0 Å². The fourth-order valence-corrected chi connectivity index (χ4v) is 1.87. The Morgan fingerprint density at radius 2 is 2.14 bits per heavy atom. The summed E-state index contributed by atoms with van der Waals surface area (Å²) in [6, 6.07) is 0.740. The molecule has 1 aliphatic carbocycles. The number of hydrogen-bond donors (Lipinski definition) is 1. The zero-order valence-corrected chi connectivity index (χ0v) is 9.24. The van der Waals surface area contributed by atoms with Crippen LogP contribution in [-0.4, -0.2) is 49.0 Å². The molecule has 0 radical (unpaired) electrons. The van der Waals surface area contributed by atoms with Gasteiger partial charge in [-0.15, -0.1) is 0 Å². The van der Waals surface area contributed by atoms with Gasteiger partial charge >= 0.3 is 0 Å². The predicted octanol–water partition coefficient (Wildman–Crippen LogP) is 1.26. The molecule has 1 aliphatic rings. The highest BCUT2D eigenvalue weighted by Crippen LogP contribution is 2.24. The maximum Gasteiger partial charge on any atom is 0.0558 e. The summed E-state index contributed by atoms with van der Waals surface area (Å²) in [4.78, 5) is 2.41. The Bertz CT molecular complexity index is 137. The van der Waals surface area contributed by atoms with E-state index in [2.05, 4.69) is 4.90 Å². The van der Waals surface area contributed by atoms with Gasteiger partial charge in [-0.2, -0.15) is 0 Å². The SMILES string of the molecule is CCOCCCN(CCO)C1CCC1. The molecule has 0 saturated heterocycles. The van der Waals surface area contributed by atoms with Crippen molar-refractivity contribution in [1.82, 2.24) is 4.90 Å². The van der Waals surface area contributed by atoms with Gasteiger partial charge in [0.25, 0.3) is 0 Å². The zero-order valence-electron chi connectivity index (χ0n) is 9.24. The van der Waals surface area contributed by atoms with E-state index < -0.39 is 0 Å². The molecule has 0 aromatic rings. The smallest absolute Gasteiger partial charge is 0.0558 e. The summed E-state index contributed by atoms with van der Waals surface area (Å²) in [5.74, 6) is 0. The second kappa shape index (κ2) is 7.21. The third-order valence-electron chi connectivity index (χ3n) is 2.92. The molecule has 1 rings (SSSR count). The first-order valence-corrected chi connectivity index (χ1v) is 5.81. The summed E-state index contributed by atoms with van der Waals surface area (Å²) in [6.07, 6.45) is 5.08. The molecular weight excluding hydrogens is 178 g/mol. The summed E-state index contributed by atoms with van der Waals surface area (Å²) in [5, 5.41) is 8.93. The molecule has 0 atom stereocenters. The van der Waals surface area contributed by atoms with Crippen molar-refractivity contribution in [1.29, 1.82) is 0 Å². The third kappa shape index (κ3) is 3.95. The van der Waals surface area contributed by atoms with E-state index >= 15 is 0 Å². The fourth-order valence-electron chi connectivity index (χ4n) is 1.87. The molecule has 3 nitrogen and oxygen atoms in total. The fraction of sp³-hybridized carbons (Fsp3) is 1.00. The number of rotatable bonds is 8. The van der Waals surface area contributed by atoms with E-state index in [4.69, 9.17) is 9.84 Å². The number of ether oxygens (including phenoxy) is 1. The summed E-state index contributed by atoms with van der Waals surface area (Å²) in [7, 11) is 0. The van der Waals surface area contributed by atoms with Crippen molar-refractivity contribution in [2.45, 2.75) is 38.6 Å². The van der Waals surface area contributed by atoms with Crippen molar-refractivity contribution in [3.05, 3.63) is 0 Å². The van der Waals surface area contributed by atoms with Gasteiger partial charge in [-0.25, -0.2) is 0 Å². The monoisotopic (exact) mass is 201 g/mol. The van der Waals surface area contributed by atoms with E-state index in [1.165, 1.54) is 19.3 Å². The van der Waals surface area contributed by atoms with Crippen LogP contribution in [0.1, 0.15) is 32.6 Å². The Hall–Kier alpha value is -0.120. The van der Waals surface area contributed by atoms with Crippen LogP contribution < -0.4 is 0 Å². The first-order valence-electron chi connectivity index (χ1n) is 5.81. The molecule has 84 valence electrons. The van der Waals surface area contributed by atoms with Gasteiger partial charge < -0.3 is 9.84 Å². The van der Waals surface area contributed by atoms with E-state index in [0.717, 1.165) is 38.8 Å². The number of hydrogen-bond acceptors (Lipinski definition) is 3. The van der Waals surface area contributed by atoms with Gasteiger partial charge in [0, 0.05) is 32.3 Å². The Morgan fingerprint density at radius 3 is 2.64 bits per heavy atom. The average molecular weight is 201 g/mol. The topological polar surface area (TPSA) is 32.7 Å². The molecule has 1 saturated carbocycles. The van der Waals surface area contributed by atoms with Gasteiger partial charge in [0.1, 0.15) is 0 Å². The molecule has 14 heavy (non-hydrogen) atoms. The Labute approximate surface area is 87.1 Å². The molecule has 1 fully saturated rings. The number of nitrogens with zero attached hydrogens (tertiary/aromatic N) is 1. The maximum atomic E-state index is 8.93. The van der Waals surface area contributed by atoms with E-state index in [1.807, 2.05) is 6.92 Å². The van der Waals surface area contributed by atoms with Gasteiger partial charge in [-0.05, 0) is 26.2 Å². The van der Waals surface area contributed by atoms with Gasteiger partial charge in [-0.3, -0.25) is 4.90 Å². The third-order valence-corrected chi connectivity index (χ3v) is 2.92. The Kier molecular flexibility index (Phi) is 6.15. The molecule has 0 unspecified atom stereocenters. The molecule has 0 bridgehead atoms. The van der Waals surface area contributed by atoms with Crippen LogP contribution in [0.3, 0.4) is 0 Å². The van der Waals surface area contributed by atoms with E-state index in [0.29, 0.717) is 0 Å². The van der Waals surface area contributed by atoms with Crippen LogP contribution in [-0.2, 0) is 4.74 Å². The zero-order chi connectivity index (χ0) is 10.2. The lowest BCUT2D eigenvalue weighted by atomic mass is 9.91. The molecule has 3 heteroatoms. The molecule has 1 N–H and O–H groups in total. The quantitative estimate of drug-likeness (QED) is 0.600. The lowest BCUT2D eigenvalue weighted by Gasteiger charge is -2.37. The molecule has 0 heterocycles. The second-order valence-corrected chi connectivity index (χ2v) is 3.89. The van der Waals surface area contributed by atoms with E-state index in [1.54, 1.807) is 0 Å². The first-order chi connectivity index (χ1) is 6.88. The van der Waals surface area contributed by atoms with Crippen LogP contribution in [0.15, 0.2) is 0 Å². The number of aliphatic hydroxyl groups excluding tert-OH is 1. The average Bonchev–Trinajstić information content (AvgIpc) is 2.10. The van der Waals surface area contributed by atoms with Crippen molar-refractivity contribution in [2.24, 2.45) is 0 Å². The van der Waals surface area contributed by atoms with Crippen molar-refractivity contribution in [2.75, 3.05) is 32.9 Å². The van der Waals surface area contributed by atoms with Crippen LogP contribution in [0, 0.1) is 0 Å².